The van der Waals surface area contributed by atoms with Gasteiger partial charge in [-0.2, -0.15) is 0 Å². The zero-order valence-electron chi connectivity index (χ0n) is 10.8. The van der Waals surface area contributed by atoms with E-state index in [1.165, 1.54) is 0 Å². The van der Waals surface area contributed by atoms with Crippen LogP contribution in [0.15, 0.2) is 42.5 Å². The zero-order chi connectivity index (χ0) is 13.6. The highest BCUT2D eigenvalue weighted by atomic mass is 16.5. The van der Waals surface area contributed by atoms with Crippen LogP contribution in [0.3, 0.4) is 0 Å². The minimum absolute atomic E-state index is 0.251. The average molecular weight is 254 g/mol. The van der Waals surface area contributed by atoms with E-state index in [4.69, 9.17) is 0 Å². The fraction of sp³-hybridized carbons (Fsp3) is 0.133. The molecule has 1 heterocycles. The Hall–Kier alpha value is -2.49. The number of imidazole rings is 1. The molecular weight excluding hydrogens is 240 g/mol. The van der Waals surface area contributed by atoms with Gasteiger partial charge in [0, 0.05) is 13.8 Å². The Morgan fingerprint density at radius 1 is 1.05 bits per heavy atom. The third kappa shape index (κ3) is 1.64. The van der Waals surface area contributed by atoms with Crippen molar-refractivity contribution in [3.63, 3.8) is 0 Å². The van der Waals surface area contributed by atoms with E-state index in [9.17, 15) is 10.4 Å². The first-order valence-corrected chi connectivity index (χ1v) is 6.09. The van der Waals surface area contributed by atoms with Gasteiger partial charge >= 0.3 is 5.82 Å². The summed E-state index contributed by atoms with van der Waals surface area (Å²) in [5, 5.41) is 24.2. The van der Waals surface area contributed by atoms with E-state index in [2.05, 4.69) is 0 Å². The zero-order valence-corrected chi connectivity index (χ0v) is 10.8. The summed E-state index contributed by atoms with van der Waals surface area (Å²) >= 11 is 0. The highest BCUT2D eigenvalue weighted by Crippen LogP contribution is 2.23. The predicted octanol–water partition coefficient (Wildman–Crippen LogP) is 2.80. The topological polar surface area (TPSA) is 52.1 Å². The molecule has 19 heavy (non-hydrogen) atoms. The lowest BCUT2D eigenvalue weighted by Gasteiger charge is -2.05. The Kier molecular flexibility index (Phi) is 2.45. The highest BCUT2D eigenvalue weighted by Gasteiger charge is 2.23. The van der Waals surface area contributed by atoms with Gasteiger partial charge in [0.05, 0.1) is 5.56 Å². The predicted molar refractivity (Wildman–Crippen MR) is 73.0 cm³/mol. The molecule has 0 aliphatic heterocycles. The molecule has 0 bridgehead atoms. The van der Waals surface area contributed by atoms with Gasteiger partial charge in [0.25, 0.3) is 0 Å². The standard InChI is InChI=1S/C15H14N2O2/c1-10-11(2)17(19)15(16(10)18)14-8-7-12-5-3-4-6-13(12)9-14/h3-9,18H,1-2H3. The largest absolute Gasteiger partial charge is 0.710 e. The molecule has 1 N–H and O–H groups in total. The summed E-state index contributed by atoms with van der Waals surface area (Å²) in [4.78, 5) is 0. The molecular formula is C15H14N2O2. The number of hydrogen-bond donors (Lipinski definition) is 1. The maximum Gasteiger partial charge on any atom is 0.331 e. The first-order chi connectivity index (χ1) is 9.09. The van der Waals surface area contributed by atoms with Crippen LogP contribution in [-0.4, -0.2) is 9.94 Å². The van der Waals surface area contributed by atoms with Gasteiger partial charge in [-0.25, -0.2) is 4.73 Å². The minimum atomic E-state index is 0.251. The third-order valence-electron chi connectivity index (χ3n) is 3.55. The van der Waals surface area contributed by atoms with E-state index < -0.39 is 0 Å². The molecule has 1 aromatic heterocycles. The minimum Gasteiger partial charge on any atom is -0.710 e. The highest BCUT2D eigenvalue weighted by molar-refractivity contribution is 5.86. The maximum absolute atomic E-state index is 12.1. The van der Waals surface area contributed by atoms with Crippen molar-refractivity contribution >= 4 is 10.8 Å². The molecule has 96 valence electrons. The van der Waals surface area contributed by atoms with Crippen LogP contribution in [0.25, 0.3) is 22.2 Å². The molecule has 0 atom stereocenters. The lowest BCUT2D eigenvalue weighted by molar-refractivity contribution is -0.600. The van der Waals surface area contributed by atoms with Crippen molar-refractivity contribution in [3.8, 4) is 11.4 Å². The van der Waals surface area contributed by atoms with Gasteiger partial charge in [0.2, 0.25) is 0 Å². The van der Waals surface area contributed by atoms with Crippen molar-refractivity contribution in [3.05, 3.63) is 59.1 Å². The van der Waals surface area contributed by atoms with E-state index in [1.807, 2.05) is 42.5 Å². The summed E-state index contributed by atoms with van der Waals surface area (Å²) in [5.74, 6) is 0.251. The molecule has 4 nitrogen and oxygen atoms in total. The van der Waals surface area contributed by atoms with Crippen molar-refractivity contribution in [2.24, 2.45) is 0 Å². The molecule has 0 aliphatic carbocycles. The summed E-state index contributed by atoms with van der Waals surface area (Å²) in [7, 11) is 0. The van der Waals surface area contributed by atoms with Crippen LogP contribution < -0.4 is 4.73 Å². The smallest absolute Gasteiger partial charge is 0.331 e. The lowest BCUT2D eigenvalue weighted by atomic mass is 10.1. The molecule has 2 aromatic carbocycles. The lowest BCUT2D eigenvalue weighted by Crippen LogP contribution is -2.30. The van der Waals surface area contributed by atoms with Crippen LogP contribution in [0.1, 0.15) is 11.4 Å². The molecule has 0 fully saturated rings. The number of aromatic nitrogens is 2. The van der Waals surface area contributed by atoms with Gasteiger partial charge in [-0.1, -0.05) is 30.3 Å². The second kappa shape index (κ2) is 4.02. The van der Waals surface area contributed by atoms with Crippen LogP contribution in [0, 0.1) is 19.1 Å². The number of nitrogens with zero attached hydrogens (tertiary/aromatic N) is 2. The Labute approximate surface area is 110 Å². The number of hydrogen-bond acceptors (Lipinski definition) is 2. The quantitative estimate of drug-likeness (QED) is 0.412. The Morgan fingerprint density at radius 2 is 1.74 bits per heavy atom. The molecule has 0 amide bonds. The monoisotopic (exact) mass is 254 g/mol. The fourth-order valence-electron chi connectivity index (χ4n) is 2.27. The van der Waals surface area contributed by atoms with Gasteiger partial charge < -0.3 is 10.4 Å². The van der Waals surface area contributed by atoms with Gasteiger partial charge in [-0.3, -0.25) is 0 Å². The first kappa shape index (κ1) is 11.6. The molecule has 3 rings (SSSR count). The second-order valence-electron chi connectivity index (χ2n) is 4.66. The number of fused-ring (bicyclic) bond motifs is 1. The first-order valence-electron chi connectivity index (χ1n) is 6.09. The van der Waals surface area contributed by atoms with Crippen molar-refractivity contribution in [2.75, 3.05) is 0 Å². The third-order valence-corrected chi connectivity index (χ3v) is 3.55. The van der Waals surface area contributed by atoms with Gasteiger partial charge in [0.15, 0.2) is 5.69 Å². The van der Waals surface area contributed by atoms with Crippen LogP contribution in [-0.2, 0) is 0 Å². The van der Waals surface area contributed by atoms with E-state index >= 15 is 0 Å². The maximum atomic E-state index is 12.1. The molecule has 3 aromatic rings. The van der Waals surface area contributed by atoms with E-state index in [0.29, 0.717) is 17.0 Å². The Balaban J connectivity index is 2.28. The fourth-order valence-corrected chi connectivity index (χ4v) is 2.27. The van der Waals surface area contributed by atoms with Crippen LogP contribution in [0.4, 0.5) is 0 Å². The number of benzene rings is 2. The molecule has 4 heteroatoms. The van der Waals surface area contributed by atoms with E-state index in [0.717, 1.165) is 20.2 Å². The molecule has 0 unspecified atom stereocenters. The van der Waals surface area contributed by atoms with Crippen molar-refractivity contribution in [1.82, 2.24) is 4.73 Å². The van der Waals surface area contributed by atoms with E-state index in [1.54, 1.807) is 13.8 Å². The van der Waals surface area contributed by atoms with Crippen molar-refractivity contribution in [1.29, 1.82) is 0 Å². The Bertz CT molecular complexity index is 750. The molecule has 0 radical (unpaired) electrons. The molecule has 0 aliphatic rings. The average Bonchev–Trinajstić information content (AvgIpc) is 2.63. The molecule has 0 saturated heterocycles. The van der Waals surface area contributed by atoms with Gasteiger partial charge in [-0.05, 0) is 27.6 Å². The summed E-state index contributed by atoms with van der Waals surface area (Å²) in [6, 6.07) is 13.6. The summed E-state index contributed by atoms with van der Waals surface area (Å²) in [6.45, 7) is 3.41. The summed E-state index contributed by atoms with van der Waals surface area (Å²) < 4.78 is 1.71. The molecule has 0 spiro atoms. The van der Waals surface area contributed by atoms with Crippen LogP contribution in [0.5, 0.6) is 0 Å². The van der Waals surface area contributed by atoms with Gasteiger partial charge in [-0.15, -0.1) is 0 Å². The summed E-state index contributed by atoms with van der Waals surface area (Å²) in [5.41, 5.74) is 1.76. The molecule has 0 saturated carbocycles. The summed E-state index contributed by atoms with van der Waals surface area (Å²) in [6.07, 6.45) is 0. The van der Waals surface area contributed by atoms with Crippen LogP contribution >= 0.6 is 0 Å². The van der Waals surface area contributed by atoms with Crippen molar-refractivity contribution < 1.29 is 9.94 Å². The van der Waals surface area contributed by atoms with Gasteiger partial charge in [0.1, 0.15) is 5.69 Å². The van der Waals surface area contributed by atoms with Crippen LogP contribution in [0.2, 0.25) is 0 Å². The number of rotatable bonds is 1. The SMILES string of the molecule is Cc1c(C)[n+]([O-])c(-c2ccc3ccccc3c2)n1O. The Morgan fingerprint density at radius 3 is 2.37 bits per heavy atom. The van der Waals surface area contributed by atoms with E-state index in [-0.39, 0.29) is 5.82 Å². The normalized spacial score (nSPS) is 11.1. The van der Waals surface area contributed by atoms with Crippen molar-refractivity contribution in [2.45, 2.75) is 13.8 Å². The second-order valence-corrected chi connectivity index (χ2v) is 4.66.